The maximum atomic E-state index is 10.3. The standard InChI is InChI=1S/C16H10ClN3O/c17-11-7-5-10(6-8-11)15(21)12(9-18)16-19-13-3-1-2-4-14(13)20-16/h1-8,21H,(H,19,20)/b15-12-. The second-order valence-electron chi connectivity index (χ2n) is 4.44. The number of fused-ring (bicyclic) bond motifs is 1. The van der Waals surface area contributed by atoms with Crippen molar-refractivity contribution in [3.63, 3.8) is 0 Å². The summed E-state index contributed by atoms with van der Waals surface area (Å²) in [5.41, 5.74) is 2.15. The lowest BCUT2D eigenvalue weighted by atomic mass is 10.1. The number of imidazole rings is 1. The average Bonchev–Trinajstić information content (AvgIpc) is 2.92. The average molecular weight is 296 g/mol. The highest BCUT2D eigenvalue weighted by Crippen LogP contribution is 2.25. The normalized spacial score (nSPS) is 12.0. The number of aliphatic hydroxyl groups is 1. The molecule has 5 heteroatoms. The summed E-state index contributed by atoms with van der Waals surface area (Å²) in [5, 5.41) is 20.2. The van der Waals surface area contributed by atoms with Gasteiger partial charge in [-0.05, 0) is 36.4 Å². The number of aromatic amines is 1. The highest BCUT2D eigenvalue weighted by molar-refractivity contribution is 6.30. The third-order valence-electron chi connectivity index (χ3n) is 3.09. The van der Waals surface area contributed by atoms with Crippen molar-refractivity contribution in [2.45, 2.75) is 0 Å². The van der Waals surface area contributed by atoms with Crippen LogP contribution in [0.1, 0.15) is 11.4 Å². The van der Waals surface area contributed by atoms with Gasteiger partial charge in [-0.3, -0.25) is 0 Å². The Balaban J connectivity index is 2.14. The summed E-state index contributed by atoms with van der Waals surface area (Å²) in [6, 6.07) is 16.0. The molecule has 0 aliphatic carbocycles. The fraction of sp³-hybridized carbons (Fsp3) is 0. The van der Waals surface area contributed by atoms with Crippen molar-refractivity contribution < 1.29 is 5.11 Å². The molecule has 0 aliphatic heterocycles. The van der Waals surface area contributed by atoms with Crippen LogP contribution in [-0.2, 0) is 0 Å². The number of nitriles is 1. The van der Waals surface area contributed by atoms with Crippen molar-refractivity contribution in [2.75, 3.05) is 0 Å². The van der Waals surface area contributed by atoms with Crippen LogP contribution in [0, 0.1) is 11.3 Å². The fourth-order valence-electron chi connectivity index (χ4n) is 2.04. The summed E-state index contributed by atoms with van der Waals surface area (Å²) < 4.78 is 0. The number of hydrogen-bond acceptors (Lipinski definition) is 3. The Labute approximate surface area is 125 Å². The lowest BCUT2D eigenvalue weighted by Gasteiger charge is -2.02. The van der Waals surface area contributed by atoms with Crippen molar-refractivity contribution in [1.29, 1.82) is 5.26 Å². The molecule has 1 aromatic heterocycles. The minimum atomic E-state index is -0.131. The van der Waals surface area contributed by atoms with E-state index < -0.39 is 0 Å². The Hall–Kier alpha value is -2.77. The van der Waals surface area contributed by atoms with E-state index in [1.54, 1.807) is 24.3 Å². The highest BCUT2D eigenvalue weighted by atomic mass is 35.5. The number of benzene rings is 2. The number of nitrogens with zero attached hydrogens (tertiary/aromatic N) is 2. The first-order valence-electron chi connectivity index (χ1n) is 6.23. The number of aliphatic hydroxyl groups excluding tert-OH is 1. The van der Waals surface area contributed by atoms with Gasteiger partial charge in [-0.15, -0.1) is 0 Å². The van der Waals surface area contributed by atoms with Crippen LogP contribution in [0.4, 0.5) is 0 Å². The van der Waals surface area contributed by atoms with Crippen molar-refractivity contribution in [1.82, 2.24) is 9.97 Å². The summed E-state index contributed by atoms with van der Waals surface area (Å²) >= 11 is 5.82. The molecule has 21 heavy (non-hydrogen) atoms. The van der Waals surface area contributed by atoms with Gasteiger partial charge in [-0.1, -0.05) is 23.7 Å². The van der Waals surface area contributed by atoms with E-state index in [4.69, 9.17) is 11.6 Å². The first kappa shape index (κ1) is 13.2. The van der Waals surface area contributed by atoms with Crippen LogP contribution in [-0.4, -0.2) is 15.1 Å². The Morgan fingerprint density at radius 1 is 1.14 bits per heavy atom. The SMILES string of the molecule is N#C/C(=C(/O)c1ccc(Cl)cc1)c1nc2ccccc2[nH]1. The van der Waals surface area contributed by atoms with Crippen molar-refractivity contribution >= 4 is 34.0 Å². The lowest BCUT2D eigenvalue weighted by molar-refractivity contribution is 0.514. The second kappa shape index (κ2) is 5.31. The minimum Gasteiger partial charge on any atom is -0.506 e. The van der Waals surface area contributed by atoms with Gasteiger partial charge < -0.3 is 10.1 Å². The van der Waals surface area contributed by atoms with Gasteiger partial charge in [0, 0.05) is 10.6 Å². The molecule has 2 aromatic carbocycles. The molecule has 3 rings (SSSR count). The molecule has 0 fully saturated rings. The highest BCUT2D eigenvalue weighted by Gasteiger charge is 2.14. The summed E-state index contributed by atoms with van der Waals surface area (Å²) in [6.07, 6.45) is 0. The zero-order valence-corrected chi connectivity index (χ0v) is 11.6. The molecule has 0 unspecified atom stereocenters. The largest absolute Gasteiger partial charge is 0.506 e. The smallest absolute Gasteiger partial charge is 0.153 e. The first-order valence-corrected chi connectivity index (χ1v) is 6.61. The monoisotopic (exact) mass is 295 g/mol. The molecule has 0 saturated carbocycles. The molecule has 0 spiro atoms. The van der Waals surface area contributed by atoms with Gasteiger partial charge in [0.1, 0.15) is 17.4 Å². The molecule has 0 amide bonds. The molecule has 0 saturated heterocycles. The van der Waals surface area contributed by atoms with Crippen LogP contribution in [0.15, 0.2) is 48.5 Å². The number of hydrogen-bond donors (Lipinski definition) is 2. The van der Waals surface area contributed by atoms with E-state index >= 15 is 0 Å². The van der Waals surface area contributed by atoms with Crippen LogP contribution in [0.3, 0.4) is 0 Å². The molecule has 0 aliphatic rings. The summed E-state index contributed by atoms with van der Waals surface area (Å²) in [5.74, 6) is 0.208. The van der Waals surface area contributed by atoms with Crippen molar-refractivity contribution in [3.8, 4) is 6.07 Å². The van der Waals surface area contributed by atoms with E-state index in [2.05, 4.69) is 9.97 Å². The van der Waals surface area contributed by atoms with Gasteiger partial charge >= 0.3 is 0 Å². The van der Waals surface area contributed by atoms with Crippen molar-refractivity contribution in [3.05, 3.63) is 64.9 Å². The minimum absolute atomic E-state index is 0.0912. The number of H-pyrrole nitrogens is 1. The van der Waals surface area contributed by atoms with Gasteiger partial charge in [-0.25, -0.2) is 4.98 Å². The van der Waals surface area contributed by atoms with E-state index in [0.29, 0.717) is 16.4 Å². The summed E-state index contributed by atoms with van der Waals surface area (Å²) in [4.78, 5) is 7.36. The topological polar surface area (TPSA) is 72.7 Å². The molecule has 2 N–H and O–H groups in total. The zero-order chi connectivity index (χ0) is 14.8. The number of aromatic nitrogens is 2. The Bertz CT molecular complexity index is 839. The number of rotatable bonds is 2. The second-order valence-corrected chi connectivity index (χ2v) is 4.88. The number of allylic oxidation sites excluding steroid dienone is 1. The Morgan fingerprint density at radius 3 is 2.52 bits per heavy atom. The predicted octanol–water partition coefficient (Wildman–Crippen LogP) is 4.17. The van der Waals surface area contributed by atoms with Crippen LogP contribution in [0.5, 0.6) is 0 Å². The molecular weight excluding hydrogens is 286 g/mol. The van der Waals surface area contributed by atoms with Gasteiger partial charge in [0.15, 0.2) is 5.82 Å². The number of para-hydroxylation sites is 2. The number of nitrogens with one attached hydrogen (secondary N) is 1. The van der Waals surface area contributed by atoms with Crippen LogP contribution < -0.4 is 0 Å². The molecule has 1 heterocycles. The molecule has 102 valence electrons. The van der Waals surface area contributed by atoms with Gasteiger partial charge in [0.2, 0.25) is 0 Å². The van der Waals surface area contributed by atoms with Crippen molar-refractivity contribution in [2.24, 2.45) is 0 Å². The lowest BCUT2D eigenvalue weighted by Crippen LogP contribution is -1.92. The quantitative estimate of drug-likeness (QED) is 0.550. The maximum Gasteiger partial charge on any atom is 0.153 e. The van der Waals surface area contributed by atoms with Crippen LogP contribution >= 0.6 is 11.6 Å². The molecule has 3 aromatic rings. The first-order chi connectivity index (χ1) is 10.2. The van der Waals surface area contributed by atoms with Crippen LogP contribution in [0.2, 0.25) is 5.02 Å². The van der Waals surface area contributed by atoms with E-state index in [-0.39, 0.29) is 11.3 Å². The van der Waals surface area contributed by atoms with E-state index in [9.17, 15) is 10.4 Å². The number of halogens is 1. The third-order valence-corrected chi connectivity index (χ3v) is 3.34. The van der Waals surface area contributed by atoms with Gasteiger partial charge in [0.25, 0.3) is 0 Å². The van der Waals surface area contributed by atoms with E-state index in [1.165, 1.54) is 0 Å². The van der Waals surface area contributed by atoms with E-state index in [1.807, 2.05) is 30.3 Å². The Morgan fingerprint density at radius 2 is 1.86 bits per heavy atom. The maximum absolute atomic E-state index is 10.3. The molecule has 4 nitrogen and oxygen atoms in total. The molecule has 0 bridgehead atoms. The molecule has 0 atom stereocenters. The third kappa shape index (κ3) is 2.47. The van der Waals surface area contributed by atoms with Gasteiger partial charge in [0.05, 0.1) is 11.0 Å². The molecule has 0 radical (unpaired) electrons. The summed E-state index contributed by atoms with van der Waals surface area (Å²) in [7, 11) is 0. The van der Waals surface area contributed by atoms with Crippen LogP contribution in [0.25, 0.3) is 22.4 Å². The Kier molecular flexibility index (Phi) is 3.35. The predicted molar refractivity (Wildman–Crippen MR) is 82.6 cm³/mol. The fourth-order valence-corrected chi connectivity index (χ4v) is 2.17. The van der Waals surface area contributed by atoms with E-state index in [0.717, 1.165) is 11.0 Å². The molecular formula is C16H10ClN3O. The summed E-state index contributed by atoms with van der Waals surface area (Å²) in [6.45, 7) is 0. The van der Waals surface area contributed by atoms with Gasteiger partial charge in [-0.2, -0.15) is 5.26 Å². The zero-order valence-electron chi connectivity index (χ0n) is 10.8.